The van der Waals surface area contributed by atoms with Gasteiger partial charge in [-0.25, -0.2) is 0 Å². The van der Waals surface area contributed by atoms with E-state index in [0.717, 1.165) is 18.2 Å². The van der Waals surface area contributed by atoms with Crippen molar-refractivity contribution >= 4 is 36.3 Å². The Hall–Kier alpha value is -0.850. The molecule has 2 rings (SSSR count). The van der Waals surface area contributed by atoms with Crippen molar-refractivity contribution in [2.45, 2.75) is 116 Å². The number of nitrogens with two attached hydrogens (primary N) is 1. The zero-order valence-corrected chi connectivity index (χ0v) is 24.5. The lowest BCUT2D eigenvalue weighted by atomic mass is 10.0. The van der Waals surface area contributed by atoms with E-state index in [0.29, 0.717) is 17.7 Å². The zero-order chi connectivity index (χ0) is 26.4. The van der Waals surface area contributed by atoms with E-state index in [2.05, 4.69) is 21.4 Å². The van der Waals surface area contributed by atoms with Crippen molar-refractivity contribution in [3.8, 4) is 0 Å². The second kappa shape index (κ2) is 22.2. The van der Waals surface area contributed by atoms with Crippen LogP contribution in [-0.4, -0.2) is 38.4 Å². The molecule has 1 heterocycles. The minimum absolute atomic E-state index is 0.119. The molecule has 0 aliphatic carbocycles. The Labute approximate surface area is 228 Å². The Balaban J connectivity index is 0.00000150. The summed E-state index contributed by atoms with van der Waals surface area (Å²) in [6.07, 6.45) is 24.1. The van der Waals surface area contributed by atoms with Gasteiger partial charge < -0.3 is 9.79 Å². The van der Waals surface area contributed by atoms with Crippen LogP contribution in [0.25, 0.3) is 0 Å². The number of hydrogen-bond donors (Lipinski definition) is 3. The predicted octanol–water partition coefficient (Wildman–Crippen LogP) is 7.86. The third-order valence-electron chi connectivity index (χ3n) is 6.64. The predicted molar refractivity (Wildman–Crippen MR) is 154 cm³/mol. The highest BCUT2D eigenvalue weighted by atomic mass is 79.9. The Morgan fingerprint density at radius 1 is 0.611 bits per heavy atom. The lowest BCUT2D eigenvalue weighted by Crippen LogP contribution is -2.30. The lowest BCUT2D eigenvalue weighted by molar-refractivity contribution is 0.0651. The first-order valence-corrected chi connectivity index (χ1v) is 16.4. The Morgan fingerprint density at radius 2 is 0.889 bits per heavy atom. The van der Waals surface area contributed by atoms with Gasteiger partial charge in [0, 0.05) is 11.9 Å². The van der Waals surface area contributed by atoms with E-state index in [4.69, 9.17) is 9.79 Å². The quantitative estimate of drug-likeness (QED) is 0.0624. The number of amides is 2. The number of rotatable bonds is 20. The van der Waals surface area contributed by atoms with Gasteiger partial charge in [0.2, 0.25) is 8.53 Å². The molecular weight excluding hydrogens is 539 g/mol. The van der Waals surface area contributed by atoms with Crippen molar-refractivity contribution in [3.05, 3.63) is 35.4 Å². The number of carbonyl (C=O) groups excluding carboxylic acids is 2. The minimum Gasteiger partial charge on any atom is -0.338 e. The van der Waals surface area contributed by atoms with Crippen LogP contribution in [0.15, 0.2) is 24.3 Å². The van der Waals surface area contributed by atoms with Gasteiger partial charge in [-0.1, -0.05) is 131 Å². The average molecular weight is 588 g/mol. The van der Waals surface area contributed by atoms with Crippen LogP contribution in [0.5, 0.6) is 0 Å². The molecule has 1 aromatic carbocycles. The molecular formula is C28H48BrN2O4P. The smallest absolute Gasteiger partial charge is 0.261 e. The summed E-state index contributed by atoms with van der Waals surface area (Å²) in [6, 6.07) is 7.16. The van der Waals surface area contributed by atoms with E-state index in [1.54, 1.807) is 12.1 Å². The van der Waals surface area contributed by atoms with Crippen LogP contribution in [0.1, 0.15) is 136 Å². The summed E-state index contributed by atoms with van der Waals surface area (Å²) in [7, 11) is -2.12. The van der Waals surface area contributed by atoms with E-state index in [1.807, 2.05) is 12.1 Å². The first-order valence-electron chi connectivity index (χ1n) is 13.9. The van der Waals surface area contributed by atoms with Crippen molar-refractivity contribution in [1.82, 2.24) is 4.90 Å². The second-order valence-electron chi connectivity index (χ2n) is 9.68. The number of unbranched alkanes of at least 4 members (excludes halogenated alkanes) is 17. The maximum Gasteiger partial charge on any atom is 0.261 e. The maximum atomic E-state index is 12.3. The van der Waals surface area contributed by atoms with Crippen LogP contribution in [-0.2, 0) is 0 Å². The highest BCUT2D eigenvalue weighted by Gasteiger charge is 2.34. The molecule has 0 atom stereocenters. The molecule has 0 bridgehead atoms. The molecule has 1 aromatic rings. The molecule has 0 aromatic heterocycles. The standard InChI is InChI=1S/C28H44BrNO2.H4NO2P/c29-23-19-15-13-11-9-7-5-3-1-2-4-6-8-10-12-14-16-20-24-30-27(31)25-21-17-18-22-26(25)28(30)32;1-4(2)3/h17-18,21-22H,1-16,19-20,23-24H2;2-3H,1H2. The van der Waals surface area contributed by atoms with E-state index in [9.17, 15) is 9.59 Å². The van der Waals surface area contributed by atoms with Crippen molar-refractivity contribution in [2.75, 3.05) is 11.9 Å². The Bertz CT molecular complexity index is 683. The molecule has 2 amide bonds. The van der Waals surface area contributed by atoms with Crippen LogP contribution in [0, 0.1) is 0 Å². The van der Waals surface area contributed by atoms with Crippen LogP contribution in [0.3, 0.4) is 0 Å². The molecule has 0 saturated carbocycles. The number of nitrogens with zero attached hydrogens (tertiary/aromatic N) is 1. The first kappa shape index (κ1) is 33.2. The lowest BCUT2D eigenvalue weighted by Gasteiger charge is -2.13. The van der Waals surface area contributed by atoms with Crippen molar-refractivity contribution in [2.24, 2.45) is 5.50 Å². The summed E-state index contributed by atoms with van der Waals surface area (Å²) in [6.45, 7) is 0.559. The number of imide groups is 1. The topological polar surface area (TPSA) is 104 Å². The molecule has 0 radical (unpaired) electrons. The number of alkyl halides is 1. The second-order valence-corrected chi connectivity index (χ2v) is 11.1. The van der Waals surface area contributed by atoms with Crippen molar-refractivity contribution in [1.29, 1.82) is 0 Å². The molecule has 1 aliphatic heterocycles. The van der Waals surface area contributed by atoms with Gasteiger partial charge in [0.1, 0.15) is 0 Å². The van der Waals surface area contributed by atoms with E-state index < -0.39 is 8.53 Å². The number of hydrogen-bond acceptors (Lipinski definition) is 5. The van der Waals surface area contributed by atoms with Gasteiger partial charge in [0.05, 0.1) is 11.1 Å². The third kappa shape index (κ3) is 15.4. The maximum absolute atomic E-state index is 12.3. The molecule has 0 unspecified atom stereocenters. The van der Waals surface area contributed by atoms with Gasteiger partial charge in [-0.2, -0.15) is 0 Å². The number of carbonyl (C=O) groups is 2. The summed E-state index contributed by atoms with van der Waals surface area (Å²) in [5, 5.41) is 1.16. The van der Waals surface area contributed by atoms with Crippen LogP contribution in [0.4, 0.5) is 0 Å². The van der Waals surface area contributed by atoms with Crippen LogP contribution < -0.4 is 5.50 Å². The summed E-state index contributed by atoms with van der Waals surface area (Å²) >= 11 is 3.50. The Kier molecular flexibility index (Phi) is 20.4. The summed E-state index contributed by atoms with van der Waals surface area (Å²) in [5.74, 6) is -0.238. The largest absolute Gasteiger partial charge is 0.338 e. The van der Waals surface area contributed by atoms with E-state index in [-0.39, 0.29) is 11.8 Å². The molecule has 0 saturated heterocycles. The number of fused-ring (bicyclic) bond motifs is 1. The van der Waals surface area contributed by atoms with E-state index in [1.165, 1.54) is 108 Å². The highest BCUT2D eigenvalue weighted by Crippen LogP contribution is 2.23. The third-order valence-corrected chi connectivity index (χ3v) is 7.20. The molecule has 1 aliphatic rings. The summed E-state index contributed by atoms with van der Waals surface area (Å²) in [5.41, 5.74) is 5.41. The van der Waals surface area contributed by atoms with Gasteiger partial charge in [-0.3, -0.25) is 20.0 Å². The normalized spacial score (nSPS) is 12.8. The molecule has 0 fully saturated rings. The van der Waals surface area contributed by atoms with Crippen LogP contribution >= 0.6 is 24.5 Å². The molecule has 4 N–H and O–H groups in total. The molecule has 8 heteroatoms. The fraction of sp³-hybridized carbons (Fsp3) is 0.714. The minimum atomic E-state index is -2.12. The van der Waals surface area contributed by atoms with Gasteiger partial charge >= 0.3 is 0 Å². The average Bonchev–Trinajstić information content (AvgIpc) is 3.10. The molecule has 206 valence electrons. The fourth-order valence-corrected chi connectivity index (χ4v) is 5.03. The molecule has 6 nitrogen and oxygen atoms in total. The number of benzene rings is 1. The zero-order valence-electron chi connectivity index (χ0n) is 22.0. The van der Waals surface area contributed by atoms with Crippen LogP contribution in [0.2, 0.25) is 0 Å². The van der Waals surface area contributed by atoms with Gasteiger partial charge in [0.15, 0.2) is 0 Å². The molecule has 36 heavy (non-hydrogen) atoms. The highest BCUT2D eigenvalue weighted by molar-refractivity contribution is 9.09. The van der Waals surface area contributed by atoms with Crippen molar-refractivity contribution in [3.63, 3.8) is 0 Å². The van der Waals surface area contributed by atoms with Crippen molar-refractivity contribution < 1.29 is 19.4 Å². The van der Waals surface area contributed by atoms with Gasteiger partial charge in [-0.15, -0.1) is 0 Å². The van der Waals surface area contributed by atoms with Gasteiger partial charge in [-0.05, 0) is 25.0 Å². The summed E-state index contributed by atoms with van der Waals surface area (Å²) in [4.78, 5) is 41.0. The molecule has 0 spiro atoms. The SMILES string of the molecule is NP(O)O.O=C1c2ccccc2C(=O)N1CCCCCCCCCCCCCCCCCCCCBr. The number of halogens is 1. The van der Waals surface area contributed by atoms with Gasteiger partial charge in [0.25, 0.3) is 11.8 Å². The monoisotopic (exact) mass is 586 g/mol. The summed E-state index contributed by atoms with van der Waals surface area (Å²) < 4.78 is 0. The fourth-order valence-electron chi connectivity index (χ4n) is 4.64. The van der Waals surface area contributed by atoms with E-state index >= 15 is 0 Å². The first-order chi connectivity index (χ1) is 17.5. The Morgan fingerprint density at radius 3 is 1.19 bits per heavy atom.